The van der Waals surface area contributed by atoms with E-state index in [1.807, 2.05) is 0 Å². The van der Waals surface area contributed by atoms with E-state index in [9.17, 15) is 9.18 Å². The number of Topliss-reactive ketones (excluding diaryl/α,β-unsaturated/α-hetero) is 1. The normalized spacial score (nSPS) is 11.2. The molecule has 0 bridgehead atoms. The first kappa shape index (κ1) is 9.96. The van der Waals surface area contributed by atoms with Gasteiger partial charge in [0.05, 0.1) is 11.0 Å². The lowest BCUT2D eigenvalue weighted by Crippen LogP contribution is -1.92. The standard InChI is InChI=1S/C13H9FN2O/c1-7(17)8-4-12-13(15-6-8)10-5-9(14)2-3-11(10)16-12/h2-6,16H,1H3. The van der Waals surface area contributed by atoms with Crippen LogP contribution >= 0.6 is 0 Å². The molecule has 0 aliphatic rings. The van der Waals surface area contributed by atoms with E-state index in [1.165, 1.54) is 25.3 Å². The van der Waals surface area contributed by atoms with Crippen molar-refractivity contribution < 1.29 is 9.18 Å². The van der Waals surface area contributed by atoms with Crippen molar-refractivity contribution in [3.8, 4) is 0 Å². The molecule has 1 aromatic carbocycles. The van der Waals surface area contributed by atoms with Crippen molar-refractivity contribution in [2.45, 2.75) is 6.92 Å². The highest BCUT2D eigenvalue weighted by molar-refractivity contribution is 6.06. The van der Waals surface area contributed by atoms with Gasteiger partial charge in [-0.1, -0.05) is 0 Å². The van der Waals surface area contributed by atoms with Gasteiger partial charge in [0.1, 0.15) is 5.82 Å². The molecule has 84 valence electrons. The Balaban J connectivity index is 2.39. The Morgan fingerprint density at radius 1 is 1.29 bits per heavy atom. The molecule has 1 N–H and O–H groups in total. The largest absolute Gasteiger partial charge is 0.353 e. The van der Waals surface area contributed by atoms with Crippen LogP contribution in [0.2, 0.25) is 0 Å². The number of nitrogens with one attached hydrogen (secondary N) is 1. The van der Waals surface area contributed by atoms with Crippen molar-refractivity contribution in [1.29, 1.82) is 0 Å². The molecule has 0 unspecified atom stereocenters. The maximum absolute atomic E-state index is 13.2. The summed E-state index contributed by atoms with van der Waals surface area (Å²) in [5.74, 6) is -0.333. The molecule has 0 radical (unpaired) electrons. The number of H-pyrrole nitrogens is 1. The highest BCUT2D eigenvalue weighted by Crippen LogP contribution is 2.24. The van der Waals surface area contributed by atoms with Crippen LogP contribution in [0.15, 0.2) is 30.5 Å². The van der Waals surface area contributed by atoms with Gasteiger partial charge >= 0.3 is 0 Å². The Labute approximate surface area is 96.3 Å². The van der Waals surface area contributed by atoms with Gasteiger partial charge in [0, 0.05) is 22.7 Å². The van der Waals surface area contributed by atoms with Gasteiger partial charge in [-0.2, -0.15) is 0 Å². The molecule has 4 heteroatoms. The molecule has 0 saturated heterocycles. The second-order valence-electron chi connectivity index (χ2n) is 3.99. The maximum atomic E-state index is 13.2. The van der Waals surface area contributed by atoms with Gasteiger partial charge in [-0.25, -0.2) is 4.39 Å². The fourth-order valence-electron chi connectivity index (χ4n) is 1.93. The fourth-order valence-corrected chi connectivity index (χ4v) is 1.93. The molecule has 0 saturated carbocycles. The van der Waals surface area contributed by atoms with E-state index in [2.05, 4.69) is 9.97 Å². The summed E-state index contributed by atoms with van der Waals surface area (Å²) in [6.07, 6.45) is 1.52. The summed E-state index contributed by atoms with van der Waals surface area (Å²) in [5, 5.41) is 0.732. The number of halogens is 1. The molecule has 0 aliphatic carbocycles. The molecule has 2 aromatic heterocycles. The van der Waals surface area contributed by atoms with Gasteiger partial charge in [-0.15, -0.1) is 0 Å². The average Bonchev–Trinajstić information content (AvgIpc) is 2.66. The van der Waals surface area contributed by atoms with Crippen molar-refractivity contribution in [3.05, 3.63) is 41.8 Å². The average molecular weight is 228 g/mol. The minimum absolute atomic E-state index is 0.0377. The Hall–Kier alpha value is -2.23. The first-order valence-corrected chi connectivity index (χ1v) is 5.23. The van der Waals surface area contributed by atoms with E-state index in [0.29, 0.717) is 11.1 Å². The monoisotopic (exact) mass is 228 g/mol. The molecule has 0 spiro atoms. The van der Waals surface area contributed by atoms with Crippen molar-refractivity contribution >= 4 is 27.7 Å². The summed E-state index contributed by atoms with van der Waals surface area (Å²) < 4.78 is 13.2. The lowest BCUT2D eigenvalue weighted by molar-refractivity contribution is 0.101. The quantitative estimate of drug-likeness (QED) is 0.650. The zero-order valence-corrected chi connectivity index (χ0v) is 9.12. The third-order valence-corrected chi connectivity index (χ3v) is 2.80. The number of aromatic amines is 1. The number of hydrogen-bond donors (Lipinski definition) is 1. The Bertz CT molecular complexity index is 746. The predicted molar refractivity (Wildman–Crippen MR) is 63.6 cm³/mol. The van der Waals surface area contributed by atoms with Gasteiger partial charge in [0.2, 0.25) is 0 Å². The van der Waals surface area contributed by atoms with Gasteiger partial charge in [-0.05, 0) is 31.2 Å². The number of nitrogens with zero attached hydrogens (tertiary/aromatic N) is 1. The number of aromatic nitrogens is 2. The highest BCUT2D eigenvalue weighted by atomic mass is 19.1. The molecule has 3 nitrogen and oxygen atoms in total. The number of pyridine rings is 1. The second kappa shape index (κ2) is 3.38. The van der Waals surface area contributed by atoms with Gasteiger partial charge in [0.25, 0.3) is 0 Å². The number of benzene rings is 1. The molecular formula is C13H9FN2O. The van der Waals surface area contributed by atoms with Crippen LogP contribution in [-0.2, 0) is 0 Å². The van der Waals surface area contributed by atoms with E-state index in [-0.39, 0.29) is 11.6 Å². The molecule has 17 heavy (non-hydrogen) atoms. The van der Waals surface area contributed by atoms with E-state index >= 15 is 0 Å². The SMILES string of the molecule is CC(=O)c1cnc2c(c1)[nH]c1ccc(F)cc12. The summed E-state index contributed by atoms with van der Waals surface area (Å²) in [7, 11) is 0. The Morgan fingerprint density at radius 2 is 2.12 bits per heavy atom. The third kappa shape index (κ3) is 1.49. The van der Waals surface area contributed by atoms with E-state index in [0.717, 1.165) is 16.4 Å². The predicted octanol–water partition coefficient (Wildman–Crippen LogP) is 3.06. The second-order valence-corrected chi connectivity index (χ2v) is 3.99. The number of hydrogen-bond acceptors (Lipinski definition) is 2. The molecule has 0 fully saturated rings. The third-order valence-electron chi connectivity index (χ3n) is 2.80. The Kier molecular flexibility index (Phi) is 1.98. The molecule has 2 heterocycles. The van der Waals surface area contributed by atoms with Crippen LogP contribution in [0.5, 0.6) is 0 Å². The minimum atomic E-state index is -0.296. The van der Waals surface area contributed by atoms with Crippen LogP contribution in [0.25, 0.3) is 21.9 Å². The first-order valence-electron chi connectivity index (χ1n) is 5.23. The van der Waals surface area contributed by atoms with Crippen LogP contribution in [0.1, 0.15) is 17.3 Å². The first-order chi connectivity index (χ1) is 8.15. The van der Waals surface area contributed by atoms with Crippen molar-refractivity contribution in [2.75, 3.05) is 0 Å². The summed E-state index contributed by atoms with van der Waals surface area (Å²) in [4.78, 5) is 18.6. The zero-order valence-electron chi connectivity index (χ0n) is 9.12. The number of carbonyl (C=O) groups excluding carboxylic acids is 1. The number of rotatable bonds is 1. The van der Waals surface area contributed by atoms with Crippen LogP contribution in [0.4, 0.5) is 4.39 Å². The van der Waals surface area contributed by atoms with Crippen LogP contribution in [-0.4, -0.2) is 15.8 Å². The molecule has 3 aromatic rings. The van der Waals surface area contributed by atoms with Crippen LogP contribution in [0, 0.1) is 5.82 Å². The molecule has 0 atom stereocenters. The Morgan fingerprint density at radius 3 is 2.88 bits per heavy atom. The van der Waals surface area contributed by atoms with Crippen molar-refractivity contribution in [2.24, 2.45) is 0 Å². The maximum Gasteiger partial charge on any atom is 0.161 e. The highest BCUT2D eigenvalue weighted by Gasteiger charge is 2.08. The minimum Gasteiger partial charge on any atom is -0.353 e. The summed E-state index contributed by atoms with van der Waals surface area (Å²) >= 11 is 0. The zero-order chi connectivity index (χ0) is 12.0. The number of carbonyl (C=O) groups is 1. The van der Waals surface area contributed by atoms with E-state index in [4.69, 9.17) is 0 Å². The molecule has 3 rings (SSSR count). The van der Waals surface area contributed by atoms with Gasteiger partial charge in [0.15, 0.2) is 5.78 Å². The van der Waals surface area contributed by atoms with Crippen molar-refractivity contribution in [3.63, 3.8) is 0 Å². The lowest BCUT2D eigenvalue weighted by atomic mass is 10.2. The summed E-state index contributed by atoms with van der Waals surface area (Å²) in [6.45, 7) is 1.49. The summed E-state index contributed by atoms with van der Waals surface area (Å²) in [5.41, 5.74) is 2.79. The molecular weight excluding hydrogens is 219 g/mol. The topological polar surface area (TPSA) is 45.8 Å². The number of ketones is 1. The number of fused-ring (bicyclic) bond motifs is 3. The lowest BCUT2D eigenvalue weighted by Gasteiger charge is -1.94. The smallest absolute Gasteiger partial charge is 0.161 e. The van der Waals surface area contributed by atoms with E-state index < -0.39 is 0 Å². The van der Waals surface area contributed by atoms with Crippen molar-refractivity contribution in [1.82, 2.24) is 9.97 Å². The summed E-state index contributed by atoms with van der Waals surface area (Å²) in [6, 6.07) is 6.24. The van der Waals surface area contributed by atoms with E-state index in [1.54, 1.807) is 12.1 Å². The molecule has 0 aliphatic heterocycles. The van der Waals surface area contributed by atoms with Gasteiger partial charge < -0.3 is 4.98 Å². The fraction of sp³-hybridized carbons (Fsp3) is 0.0769. The van der Waals surface area contributed by atoms with Crippen LogP contribution in [0.3, 0.4) is 0 Å². The molecule has 0 amide bonds. The van der Waals surface area contributed by atoms with Crippen LogP contribution < -0.4 is 0 Å². The van der Waals surface area contributed by atoms with Gasteiger partial charge in [-0.3, -0.25) is 9.78 Å².